The molecule has 0 aliphatic carbocycles. The van der Waals surface area contributed by atoms with Gasteiger partial charge in [0.2, 0.25) is 0 Å². The molecule has 26 heavy (non-hydrogen) atoms. The number of aromatic amines is 1. The molecule has 4 aromatic rings. The molecule has 0 aliphatic rings. The molecule has 3 aromatic carbocycles. The largest absolute Gasteiger partial charge is 0.507 e. The standard InChI is InChI=1S/C21H16N2O3/c1-26-21(25)15-7-9-17-18(12-15)23-20(22-17)16-11-14(8-10-19(16)24)13-5-3-2-4-6-13/h2-12,24H,1H3,(H,22,23). The first-order valence-corrected chi connectivity index (χ1v) is 8.12. The van der Waals surface area contributed by atoms with E-state index >= 15 is 0 Å². The van der Waals surface area contributed by atoms with E-state index in [1.807, 2.05) is 42.5 Å². The number of ether oxygens (including phenoxy) is 1. The molecule has 0 amide bonds. The lowest BCUT2D eigenvalue weighted by Crippen LogP contribution is -2.00. The number of hydrogen-bond acceptors (Lipinski definition) is 4. The molecule has 2 N–H and O–H groups in total. The van der Waals surface area contributed by atoms with Crippen molar-refractivity contribution >= 4 is 17.0 Å². The molecule has 4 rings (SSSR count). The summed E-state index contributed by atoms with van der Waals surface area (Å²) in [5.41, 5.74) is 4.48. The van der Waals surface area contributed by atoms with Gasteiger partial charge < -0.3 is 14.8 Å². The zero-order valence-corrected chi connectivity index (χ0v) is 14.1. The van der Waals surface area contributed by atoms with E-state index in [-0.39, 0.29) is 5.75 Å². The Morgan fingerprint density at radius 3 is 2.58 bits per heavy atom. The Labute approximate surface area is 149 Å². The number of H-pyrrole nitrogens is 1. The molecule has 5 nitrogen and oxygen atoms in total. The fraction of sp³-hybridized carbons (Fsp3) is 0.0476. The van der Waals surface area contributed by atoms with E-state index in [4.69, 9.17) is 4.74 Å². The number of rotatable bonds is 3. The zero-order chi connectivity index (χ0) is 18.1. The van der Waals surface area contributed by atoms with Crippen molar-refractivity contribution < 1.29 is 14.6 Å². The molecule has 1 aromatic heterocycles. The molecular weight excluding hydrogens is 328 g/mol. The van der Waals surface area contributed by atoms with Gasteiger partial charge in [-0.15, -0.1) is 0 Å². The number of hydrogen-bond donors (Lipinski definition) is 2. The summed E-state index contributed by atoms with van der Waals surface area (Å²) in [7, 11) is 1.35. The van der Waals surface area contributed by atoms with E-state index in [2.05, 4.69) is 9.97 Å². The third-order valence-electron chi connectivity index (χ3n) is 4.26. The van der Waals surface area contributed by atoms with Crippen molar-refractivity contribution in [2.45, 2.75) is 0 Å². The molecule has 0 spiro atoms. The maximum Gasteiger partial charge on any atom is 0.337 e. The average molecular weight is 344 g/mol. The Balaban J connectivity index is 1.81. The number of carbonyl (C=O) groups is 1. The van der Waals surface area contributed by atoms with Crippen molar-refractivity contribution in [2.24, 2.45) is 0 Å². The second-order valence-electron chi connectivity index (χ2n) is 5.91. The lowest BCUT2D eigenvalue weighted by Gasteiger charge is -2.06. The molecule has 0 radical (unpaired) electrons. The summed E-state index contributed by atoms with van der Waals surface area (Å²) in [5, 5.41) is 10.3. The summed E-state index contributed by atoms with van der Waals surface area (Å²) in [6.45, 7) is 0. The van der Waals surface area contributed by atoms with Gasteiger partial charge in [-0.2, -0.15) is 0 Å². The Hall–Kier alpha value is -3.60. The van der Waals surface area contributed by atoms with Crippen molar-refractivity contribution in [3.8, 4) is 28.3 Å². The summed E-state index contributed by atoms with van der Waals surface area (Å²) >= 11 is 0. The Morgan fingerprint density at radius 2 is 1.81 bits per heavy atom. The summed E-state index contributed by atoms with van der Waals surface area (Å²) in [4.78, 5) is 19.4. The highest BCUT2D eigenvalue weighted by molar-refractivity contribution is 5.94. The number of imidazole rings is 1. The summed E-state index contributed by atoms with van der Waals surface area (Å²) in [6.07, 6.45) is 0. The number of phenols is 1. The van der Waals surface area contributed by atoms with Gasteiger partial charge in [0, 0.05) is 0 Å². The molecule has 0 fully saturated rings. The number of nitrogens with one attached hydrogen (secondary N) is 1. The van der Waals surface area contributed by atoms with Gasteiger partial charge in [-0.3, -0.25) is 0 Å². The van der Waals surface area contributed by atoms with Crippen LogP contribution in [0.4, 0.5) is 0 Å². The Morgan fingerprint density at radius 1 is 1.00 bits per heavy atom. The molecule has 128 valence electrons. The zero-order valence-electron chi connectivity index (χ0n) is 14.1. The highest BCUT2D eigenvalue weighted by atomic mass is 16.5. The Bertz CT molecular complexity index is 1100. The van der Waals surface area contributed by atoms with Crippen LogP contribution in [0.25, 0.3) is 33.5 Å². The van der Waals surface area contributed by atoms with Gasteiger partial charge in [0.05, 0.1) is 29.3 Å². The maximum absolute atomic E-state index is 11.7. The highest BCUT2D eigenvalue weighted by Gasteiger charge is 2.13. The van der Waals surface area contributed by atoms with Gasteiger partial charge in [-0.1, -0.05) is 36.4 Å². The van der Waals surface area contributed by atoms with Gasteiger partial charge in [0.15, 0.2) is 0 Å². The number of carbonyl (C=O) groups excluding carboxylic acids is 1. The fourth-order valence-corrected chi connectivity index (χ4v) is 2.92. The minimum absolute atomic E-state index is 0.136. The van der Waals surface area contributed by atoms with Crippen LogP contribution in [0, 0.1) is 0 Å². The number of methoxy groups -OCH3 is 1. The number of esters is 1. The first-order chi connectivity index (χ1) is 12.7. The molecule has 1 heterocycles. The predicted molar refractivity (Wildman–Crippen MR) is 100.0 cm³/mol. The average Bonchev–Trinajstić information content (AvgIpc) is 3.11. The van der Waals surface area contributed by atoms with E-state index in [9.17, 15) is 9.90 Å². The quantitative estimate of drug-likeness (QED) is 0.541. The SMILES string of the molecule is COC(=O)c1ccc2nc(-c3cc(-c4ccccc4)ccc3O)[nH]c2c1. The van der Waals surface area contributed by atoms with E-state index in [0.29, 0.717) is 28.0 Å². The van der Waals surface area contributed by atoms with Crippen LogP contribution in [0.5, 0.6) is 5.75 Å². The normalized spacial score (nSPS) is 10.8. The van der Waals surface area contributed by atoms with Crippen LogP contribution in [0.15, 0.2) is 66.7 Å². The van der Waals surface area contributed by atoms with Crippen LogP contribution in [0.1, 0.15) is 10.4 Å². The molecular formula is C21H16N2O3. The van der Waals surface area contributed by atoms with Gasteiger partial charge in [-0.25, -0.2) is 9.78 Å². The molecule has 0 atom stereocenters. The fourth-order valence-electron chi connectivity index (χ4n) is 2.92. The second-order valence-corrected chi connectivity index (χ2v) is 5.91. The van der Waals surface area contributed by atoms with Crippen molar-refractivity contribution in [3.63, 3.8) is 0 Å². The first-order valence-electron chi connectivity index (χ1n) is 8.12. The maximum atomic E-state index is 11.7. The molecule has 5 heteroatoms. The minimum Gasteiger partial charge on any atom is -0.507 e. The van der Waals surface area contributed by atoms with Crippen LogP contribution >= 0.6 is 0 Å². The van der Waals surface area contributed by atoms with Crippen LogP contribution in [-0.4, -0.2) is 28.2 Å². The summed E-state index contributed by atoms with van der Waals surface area (Å²) in [5.74, 6) is 0.270. The van der Waals surface area contributed by atoms with Crippen molar-refractivity contribution in [2.75, 3.05) is 7.11 Å². The first kappa shape index (κ1) is 15.9. The monoisotopic (exact) mass is 344 g/mol. The van der Waals surface area contributed by atoms with Crippen LogP contribution in [0.2, 0.25) is 0 Å². The third kappa shape index (κ3) is 2.80. The molecule has 0 aliphatic heterocycles. The Kier molecular flexibility index (Phi) is 3.89. The van der Waals surface area contributed by atoms with Gasteiger partial charge in [-0.05, 0) is 41.5 Å². The van der Waals surface area contributed by atoms with Crippen molar-refractivity contribution in [1.82, 2.24) is 9.97 Å². The number of fused-ring (bicyclic) bond motifs is 1. The number of benzene rings is 3. The van der Waals surface area contributed by atoms with E-state index < -0.39 is 5.97 Å². The summed E-state index contributed by atoms with van der Waals surface area (Å²) < 4.78 is 4.75. The van der Waals surface area contributed by atoms with Gasteiger partial charge in [0.25, 0.3) is 0 Å². The predicted octanol–water partition coefficient (Wildman–Crippen LogP) is 4.39. The number of aromatic hydroxyl groups is 1. The third-order valence-corrected chi connectivity index (χ3v) is 4.26. The second kappa shape index (κ2) is 6.37. The molecule has 0 saturated carbocycles. The van der Waals surface area contributed by atoms with Gasteiger partial charge in [0.1, 0.15) is 11.6 Å². The van der Waals surface area contributed by atoms with Crippen LogP contribution in [-0.2, 0) is 4.74 Å². The molecule has 0 unspecified atom stereocenters. The molecule has 0 saturated heterocycles. The number of phenolic OH excluding ortho intramolecular Hbond substituents is 1. The van der Waals surface area contributed by atoms with E-state index in [0.717, 1.165) is 11.1 Å². The number of nitrogens with zero attached hydrogens (tertiary/aromatic N) is 1. The van der Waals surface area contributed by atoms with Crippen LogP contribution < -0.4 is 0 Å². The topological polar surface area (TPSA) is 75.2 Å². The van der Waals surface area contributed by atoms with Crippen LogP contribution in [0.3, 0.4) is 0 Å². The lowest BCUT2D eigenvalue weighted by atomic mass is 10.0. The molecule has 0 bridgehead atoms. The van der Waals surface area contributed by atoms with E-state index in [1.54, 1.807) is 24.3 Å². The highest BCUT2D eigenvalue weighted by Crippen LogP contribution is 2.33. The summed E-state index contributed by atoms with van der Waals surface area (Å²) in [6, 6.07) is 20.4. The van der Waals surface area contributed by atoms with Crippen molar-refractivity contribution in [1.29, 1.82) is 0 Å². The van der Waals surface area contributed by atoms with Gasteiger partial charge >= 0.3 is 5.97 Å². The smallest absolute Gasteiger partial charge is 0.337 e. The minimum atomic E-state index is -0.406. The van der Waals surface area contributed by atoms with E-state index in [1.165, 1.54) is 7.11 Å². The lowest BCUT2D eigenvalue weighted by molar-refractivity contribution is 0.0601. The van der Waals surface area contributed by atoms with Crippen molar-refractivity contribution in [3.05, 3.63) is 72.3 Å². The number of aromatic nitrogens is 2.